The van der Waals surface area contributed by atoms with Gasteiger partial charge in [-0.05, 0) is 42.9 Å². The molecule has 5 heteroatoms. The van der Waals surface area contributed by atoms with Gasteiger partial charge in [-0.25, -0.2) is 4.79 Å². The Labute approximate surface area is 129 Å². The van der Waals surface area contributed by atoms with Gasteiger partial charge in [-0.3, -0.25) is 0 Å². The summed E-state index contributed by atoms with van der Waals surface area (Å²) in [5.74, 6) is 1.87. The fourth-order valence-electron chi connectivity index (χ4n) is 3.10. The molecule has 2 fully saturated rings. The van der Waals surface area contributed by atoms with Gasteiger partial charge in [0.1, 0.15) is 6.10 Å². The molecule has 0 amide bonds. The first-order valence-electron chi connectivity index (χ1n) is 7.36. The molecule has 3 rings (SSSR count). The van der Waals surface area contributed by atoms with Crippen molar-refractivity contribution in [1.82, 2.24) is 0 Å². The number of carbonyl (C=O) groups is 1. The number of nitrogens with two attached hydrogens (primary N) is 1. The van der Waals surface area contributed by atoms with Gasteiger partial charge in [0.25, 0.3) is 0 Å². The number of benzene rings is 1. The molecule has 0 bridgehead atoms. The Morgan fingerprint density at radius 1 is 1.48 bits per heavy atom. The Morgan fingerprint density at radius 3 is 3.05 bits per heavy atom. The minimum Gasteiger partial charge on any atom is -0.459 e. The monoisotopic (exact) mass is 307 g/mol. The van der Waals surface area contributed by atoms with Crippen molar-refractivity contribution in [1.29, 1.82) is 0 Å². The van der Waals surface area contributed by atoms with Crippen LogP contribution in [0.15, 0.2) is 18.2 Å². The van der Waals surface area contributed by atoms with Crippen molar-refractivity contribution >= 4 is 23.4 Å². The van der Waals surface area contributed by atoms with Crippen molar-refractivity contribution in [2.24, 2.45) is 0 Å². The lowest BCUT2D eigenvalue weighted by Crippen LogP contribution is -2.43. The van der Waals surface area contributed by atoms with Gasteiger partial charge >= 0.3 is 5.97 Å². The second-order valence-corrected chi connectivity index (χ2v) is 7.09. The Hall–Kier alpha value is -1.20. The summed E-state index contributed by atoms with van der Waals surface area (Å²) in [6, 6.07) is 5.34. The predicted octanol–water partition coefficient (Wildman–Crippen LogP) is 2.79. The largest absolute Gasteiger partial charge is 0.459 e. The molecule has 21 heavy (non-hydrogen) atoms. The average Bonchev–Trinajstić information content (AvgIpc) is 2.85. The number of rotatable bonds is 2. The van der Waals surface area contributed by atoms with Crippen LogP contribution >= 0.6 is 11.8 Å². The number of thioether (sulfide) groups is 1. The van der Waals surface area contributed by atoms with Crippen LogP contribution < -0.4 is 5.73 Å². The van der Waals surface area contributed by atoms with Crippen LogP contribution in [-0.4, -0.2) is 35.8 Å². The maximum absolute atomic E-state index is 12.3. The SMILES string of the molecule is Cc1cc(N)cc(C(=O)OC2CCOC3(CCSC3)C2)c1. The summed E-state index contributed by atoms with van der Waals surface area (Å²) in [4.78, 5) is 12.3. The average molecular weight is 307 g/mol. The highest BCUT2D eigenvalue weighted by atomic mass is 32.2. The Morgan fingerprint density at radius 2 is 2.33 bits per heavy atom. The predicted molar refractivity (Wildman–Crippen MR) is 84.7 cm³/mol. The zero-order valence-electron chi connectivity index (χ0n) is 12.3. The van der Waals surface area contributed by atoms with E-state index in [1.807, 2.05) is 30.8 Å². The summed E-state index contributed by atoms with van der Waals surface area (Å²) < 4.78 is 11.6. The zero-order chi connectivity index (χ0) is 14.9. The first kappa shape index (κ1) is 14.7. The van der Waals surface area contributed by atoms with E-state index in [-0.39, 0.29) is 17.7 Å². The van der Waals surface area contributed by atoms with Crippen LogP contribution in [0.4, 0.5) is 5.69 Å². The smallest absolute Gasteiger partial charge is 0.338 e. The van der Waals surface area contributed by atoms with Crippen molar-refractivity contribution in [3.8, 4) is 0 Å². The molecule has 2 N–H and O–H groups in total. The fraction of sp³-hybridized carbons (Fsp3) is 0.562. The molecule has 2 unspecified atom stereocenters. The van der Waals surface area contributed by atoms with E-state index in [1.54, 1.807) is 6.07 Å². The van der Waals surface area contributed by atoms with Crippen LogP contribution in [0.3, 0.4) is 0 Å². The van der Waals surface area contributed by atoms with E-state index in [1.165, 1.54) is 0 Å². The lowest BCUT2D eigenvalue weighted by Gasteiger charge is -2.37. The first-order valence-corrected chi connectivity index (χ1v) is 8.52. The summed E-state index contributed by atoms with van der Waals surface area (Å²) in [5, 5.41) is 0. The summed E-state index contributed by atoms with van der Waals surface area (Å²) in [7, 11) is 0. The molecular weight excluding hydrogens is 286 g/mol. The Bertz CT molecular complexity index is 520. The van der Waals surface area contributed by atoms with Gasteiger partial charge in [-0.2, -0.15) is 11.8 Å². The van der Waals surface area contributed by atoms with E-state index in [0.717, 1.165) is 36.3 Å². The van der Waals surface area contributed by atoms with Crippen LogP contribution in [0, 0.1) is 6.92 Å². The third kappa shape index (κ3) is 3.35. The lowest BCUT2D eigenvalue weighted by atomic mass is 9.91. The highest BCUT2D eigenvalue weighted by Crippen LogP contribution is 2.39. The minimum atomic E-state index is -0.280. The van der Waals surface area contributed by atoms with Crippen LogP contribution in [-0.2, 0) is 9.47 Å². The molecule has 4 nitrogen and oxygen atoms in total. The van der Waals surface area contributed by atoms with Gasteiger partial charge in [0.15, 0.2) is 0 Å². The third-order valence-corrected chi connectivity index (χ3v) is 5.35. The van der Waals surface area contributed by atoms with Crippen molar-refractivity contribution in [2.75, 3.05) is 23.8 Å². The molecule has 1 aromatic rings. The van der Waals surface area contributed by atoms with Gasteiger partial charge in [0.05, 0.1) is 17.8 Å². The molecule has 2 saturated heterocycles. The Kier molecular flexibility index (Phi) is 4.13. The first-order chi connectivity index (χ1) is 10.1. The number of nitrogen functional groups attached to an aromatic ring is 1. The molecule has 0 saturated carbocycles. The van der Waals surface area contributed by atoms with Gasteiger partial charge < -0.3 is 15.2 Å². The van der Waals surface area contributed by atoms with Gasteiger partial charge in [0, 0.05) is 24.3 Å². The molecule has 0 aromatic heterocycles. The van der Waals surface area contributed by atoms with Gasteiger partial charge in [-0.15, -0.1) is 0 Å². The van der Waals surface area contributed by atoms with E-state index >= 15 is 0 Å². The molecule has 0 aliphatic carbocycles. The number of ether oxygens (including phenoxy) is 2. The summed E-state index contributed by atoms with van der Waals surface area (Å²) in [5.41, 5.74) is 7.83. The number of esters is 1. The van der Waals surface area contributed by atoms with Crippen molar-refractivity contribution < 1.29 is 14.3 Å². The summed E-state index contributed by atoms with van der Waals surface area (Å²) >= 11 is 1.92. The number of carbonyl (C=O) groups excluding carboxylic acids is 1. The second kappa shape index (κ2) is 5.89. The van der Waals surface area contributed by atoms with E-state index in [4.69, 9.17) is 15.2 Å². The molecule has 2 aliphatic heterocycles. The fourth-order valence-corrected chi connectivity index (χ4v) is 4.47. The molecule has 2 atom stereocenters. The van der Waals surface area contributed by atoms with Crippen molar-refractivity contribution in [2.45, 2.75) is 37.9 Å². The molecule has 1 aromatic carbocycles. The molecule has 0 radical (unpaired) electrons. The topological polar surface area (TPSA) is 61.6 Å². The number of aryl methyl sites for hydroxylation is 1. The molecule has 2 heterocycles. The molecule has 1 spiro atoms. The normalized spacial score (nSPS) is 28.7. The lowest BCUT2D eigenvalue weighted by molar-refractivity contribution is -0.106. The maximum Gasteiger partial charge on any atom is 0.338 e. The van der Waals surface area contributed by atoms with Crippen LogP contribution in [0.25, 0.3) is 0 Å². The van der Waals surface area contributed by atoms with Crippen LogP contribution in [0.2, 0.25) is 0 Å². The van der Waals surface area contributed by atoms with Gasteiger partial charge in [0.2, 0.25) is 0 Å². The highest BCUT2D eigenvalue weighted by molar-refractivity contribution is 7.99. The molecule has 2 aliphatic rings. The third-order valence-electron chi connectivity index (χ3n) is 4.12. The molecular formula is C16H21NO3S. The zero-order valence-corrected chi connectivity index (χ0v) is 13.1. The Balaban J connectivity index is 1.66. The highest BCUT2D eigenvalue weighted by Gasteiger charge is 2.41. The number of anilines is 1. The number of hydrogen-bond donors (Lipinski definition) is 1. The van der Waals surface area contributed by atoms with E-state index < -0.39 is 0 Å². The quantitative estimate of drug-likeness (QED) is 0.672. The van der Waals surface area contributed by atoms with E-state index in [0.29, 0.717) is 17.9 Å². The van der Waals surface area contributed by atoms with Crippen molar-refractivity contribution in [3.63, 3.8) is 0 Å². The second-order valence-electron chi connectivity index (χ2n) is 5.99. The van der Waals surface area contributed by atoms with Gasteiger partial charge in [-0.1, -0.05) is 0 Å². The van der Waals surface area contributed by atoms with Crippen LogP contribution in [0.5, 0.6) is 0 Å². The molecule has 114 valence electrons. The summed E-state index contributed by atoms with van der Waals surface area (Å²) in [6.07, 6.45) is 2.60. The maximum atomic E-state index is 12.3. The summed E-state index contributed by atoms with van der Waals surface area (Å²) in [6.45, 7) is 2.60. The number of hydrogen-bond acceptors (Lipinski definition) is 5. The van der Waals surface area contributed by atoms with E-state index in [9.17, 15) is 4.79 Å². The minimum absolute atomic E-state index is 0.0494. The van der Waals surface area contributed by atoms with E-state index in [2.05, 4.69) is 0 Å². The standard InChI is InChI=1S/C16H21NO3S/c1-11-6-12(8-13(17)7-11)15(18)20-14-2-4-19-16(9-14)3-5-21-10-16/h6-8,14H,2-5,9-10,17H2,1H3. The van der Waals surface area contributed by atoms with Crippen molar-refractivity contribution in [3.05, 3.63) is 29.3 Å². The van der Waals surface area contributed by atoms with Crippen LogP contribution in [0.1, 0.15) is 35.2 Å².